The highest BCUT2D eigenvalue weighted by Crippen LogP contribution is 2.31. The van der Waals surface area contributed by atoms with Crippen molar-refractivity contribution in [2.45, 2.75) is 38.8 Å². The van der Waals surface area contributed by atoms with Crippen molar-refractivity contribution in [3.8, 4) is 0 Å². The molecule has 166 valence electrons. The van der Waals surface area contributed by atoms with Crippen LogP contribution in [0, 0.1) is 18.7 Å². The number of likely N-dealkylation sites (tertiary alicyclic amines) is 1. The van der Waals surface area contributed by atoms with E-state index in [1.807, 2.05) is 19.9 Å². The van der Waals surface area contributed by atoms with Crippen molar-refractivity contribution in [2.75, 3.05) is 18.4 Å². The summed E-state index contributed by atoms with van der Waals surface area (Å²) in [5.74, 6) is -0.0567. The first-order valence-electron chi connectivity index (χ1n) is 10.6. The molecular weight excluding hydrogens is 431 g/mol. The molecule has 1 aliphatic heterocycles. The van der Waals surface area contributed by atoms with Gasteiger partial charge in [0.25, 0.3) is 5.91 Å². The predicted molar refractivity (Wildman–Crippen MR) is 119 cm³/mol. The lowest BCUT2D eigenvalue weighted by atomic mass is 10.1. The van der Waals surface area contributed by atoms with Crippen molar-refractivity contribution in [1.82, 2.24) is 25.2 Å². The van der Waals surface area contributed by atoms with E-state index in [0.717, 1.165) is 28.6 Å². The highest BCUT2D eigenvalue weighted by molar-refractivity contribution is 7.19. The average molecular weight is 455 g/mol. The smallest absolute Gasteiger partial charge is 0.274 e. The Bertz CT molecular complexity index is 1200. The van der Waals surface area contributed by atoms with E-state index in [2.05, 4.69) is 25.6 Å². The third-order valence-corrected chi connectivity index (χ3v) is 6.78. The largest absolute Gasteiger partial charge is 0.350 e. The van der Waals surface area contributed by atoms with Crippen LogP contribution < -0.4 is 10.6 Å². The normalized spacial score (nSPS) is 17.2. The summed E-state index contributed by atoms with van der Waals surface area (Å²) in [5, 5.41) is 6.16. The number of nitrogens with one attached hydrogen (secondary N) is 2. The zero-order chi connectivity index (χ0) is 22.4. The summed E-state index contributed by atoms with van der Waals surface area (Å²) in [6, 6.07) is 3.02. The van der Waals surface area contributed by atoms with Crippen LogP contribution in [0.2, 0.25) is 0 Å². The van der Waals surface area contributed by atoms with Gasteiger partial charge < -0.3 is 15.5 Å². The highest BCUT2D eigenvalue weighted by Gasteiger charge is 2.37. The quantitative estimate of drug-likeness (QED) is 0.594. The lowest BCUT2D eigenvalue weighted by Gasteiger charge is -2.39. The number of thiophene rings is 1. The van der Waals surface area contributed by atoms with Gasteiger partial charge in [-0.05, 0) is 44.4 Å². The lowest BCUT2D eigenvalue weighted by Crippen LogP contribution is -2.61. The molecule has 1 saturated heterocycles. The van der Waals surface area contributed by atoms with Gasteiger partial charge >= 0.3 is 0 Å². The number of carbonyl (C=O) groups is 2. The van der Waals surface area contributed by atoms with Crippen LogP contribution in [0.15, 0.2) is 24.5 Å². The topological polar surface area (TPSA) is 100 Å². The van der Waals surface area contributed by atoms with E-state index >= 15 is 0 Å². The lowest BCUT2D eigenvalue weighted by molar-refractivity contribution is -0.123. The van der Waals surface area contributed by atoms with Crippen LogP contribution in [0.4, 0.5) is 10.3 Å². The third kappa shape index (κ3) is 4.14. The number of hydrogen-bond donors (Lipinski definition) is 2. The Morgan fingerprint density at radius 2 is 2.00 bits per heavy atom. The van der Waals surface area contributed by atoms with Gasteiger partial charge in [-0.1, -0.05) is 0 Å². The molecule has 32 heavy (non-hydrogen) atoms. The van der Waals surface area contributed by atoms with Crippen molar-refractivity contribution >= 4 is 39.3 Å². The zero-order valence-corrected chi connectivity index (χ0v) is 18.6. The third-order valence-electron chi connectivity index (χ3n) is 5.73. The molecule has 3 aromatic heterocycles. The first-order chi connectivity index (χ1) is 15.4. The molecule has 2 amide bonds. The SMILES string of the molecule is Cc1cc2nc(N[C@@H](C)c3cncc(F)c3)nc(C(=O)N3CC(NC(=O)C4CC4)C3)c2s1. The molecule has 1 aliphatic carbocycles. The minimum Gasteiger partial charge on any atom is -0.350 e. The van der Waals surface area contributed by atoms with Gasteiger partial charge in [-0.25, -0.2) is 14.4 Å². The maximum absolute atomic E-state index is 13.5. The number of fused-ring (bicyclic) bond motifs is 1. The summed E-state index contributed by atoms with van der Waals surface area (Å²) in [6.07, 6.45) is 4.64. The molecule has 3 aromatic rings. The molecule has 2 N–H and O–H groups in total. The number of pyridine rings is 1. The molecule has 10 heteroatoms. The second-order valence-corrected chi connectivity index (χ2v) is 9.72. The average Bonchev–Trinajstić information content (AvgIpc) is 3.51. The molecule has 4 heterocycles. The van der Waals surface area contributed by atoms with E-state index in [4.69, 9.17) is 0 Å². The van der Waals surface area contributed by atoms with E-state index in [1.54, 1.807) is 11.1 Å². The van der Waals surface area contributed by atoms with Gasteiger partial charge in [-0.15, -0.1) is 11.3 Å². The van der Waals surface area contributed by atoms with E-state index in [9.17, 15) is 14.0 Å². The fraction of sp³-hybridized carbons (Fsp3) is 0.409. The number of rotatable bonds is 6. The number of nitrogens with zero attached hydrogens (tertiary/aromatic N) is 4. The van der Waals surface area contributed by atoms with Gasteiger partial charge in [0.15, 0.2) is 5.69 Å². The van der Waals surface area contributed by atoms with Gasteiger partial charge in [0.2, 0.25) is 11.9 Å². The molecule has 1 saturated carbocycles. The summed E-state index contributed by atoms with van der Waals surface area (Å²) < 4.78 is 14.3. The van der Waals surface area contributed by atoms with Gasteiger partial charge in [0.05, 0.1) is 28.5 Å². The standard InChI is InChI=1S/C22H23FN6O2S/c1-11-5-17-19(32-11)18(21(31)29-9-16(10-29)26-20(30)13-3-4-13)28-22(27-17)25-12(2)14-6-15(23)8-24-7-14/h5-8,12-13,16H,3-4,9-10H2,1-2H3,(H,26,30)(H,25,27,28)/t12-/m0/s1. The summed E-state index contributed by atoms with van der Waals surface area (Å²) in [6.45, 7) is 4.76. The first kappa shape index (κ1) is 20.7. The van der Waals surface area contributed by atoms with Crippen LogP contribution in [0.25, 0.3) is 10.2 Å². The fourth-order valence-corrected chi connectivity index (χ4v) is 4.68. The minimum atomic E-state index is -0.419. The van der Waals surface area contributed by atoms with Crippen molar-refractivity contribution in [3.05, 3.63) is 46.5 Å². The summed E-state index contributed by atoms with van der Waals surface area (Å²) in [7, 11) is 0. The molecule has 0 spiro atoms. The summed E-state index contributed by atoms with van der Waals surface area (Å²) in [5.41, 5.74) is 1.68. The van der Waals surface area contributed by atoms with Crippen LogP contribution in [0.1, 0.15) is 46.7 Å². The van der Waals surface area contributed by atoms with Crippen LogP contribution >= 0.6 is 11.3 Å². The number of hydrogen-bond acceptors (Lipinski definition) is 7. The zero-order valence-electron chi connectivity index (χ0n) is 17.8. The van der Waals surface area contributed by atoms with Crippen LogP contribution in [-0.4, -0.2) is 50.8 Å². The Kier molecular flexibility index (Phi) is 5.24. The molecule has 0 aromatic carbocycles. The van der Waals surface area contributed by atoms with Crippen molar-refractivity contribution in [1.29, 1.82) is 0 Å². The second-order valence-electron chi connectivity index (χ2n) is 8.46. The Hall–Kier alpha value is -3.14. The first-order valence-corrected chi connectivity index (χ1v) is 11.4. The number of aromatic nitrogens is 3. The van der Waals surface area contributed by atoms with Crippen LogP contribution in [0.5, 0.6) is 0 Å². The number of halogens is 1. The molecule has 2 fully saturated rings. The Balaban J connectivity index is 1.35. The maximum Gasteiger partial charge on any atom is 0.274 e. The monoisotopic (exact) mass is 454 g/mol. The number of carbonyl (C=O) groups excluding carboxylic acids is 2. The van der Waals surface area contributed by atoms with Crippen molar-refractivity contribution < 1.29 is 14.0 Å². The molecule has 2 aliphatic rings. The van der Waals surface area contributed by atoms with Gasteiger partial charge in [-0.2, -0.15) is 0 Å². The Morgan fingerprint density at radius 3 is 2.72 bits per heavy atom. The summed E-state index contributed by atoms with van der Waals surface area (Å²) in [4.78, 5) is 40.9. The fourth-order valence-electron chi connectivity index (χ4n) is 3.75. The van der Waals surface area contributed by atoms with Crippen molar-refractivity contribution in [2.24, 2.45) is 5.92 Å². The van der Waals surface area contributed by atoms with Crippen molar-refractivity contribution in [3.63, 3.8) is 0 Å². The Morgan fingerprint density at radius 1 is 1.22 bits per heavy atom. The van der Waals surface area contributed by atoms with E-state index in [0.29, 0.717) is 35.8 Å². The highest BCUT2D eigenvalue weighted by atomic mass is 32.1. The molecule has 5 rings (SSSR count). The van der Waals surface area contributed by atoms with E-state index < -0.39 is 5.82 Å². The maximum atomic E-state index is 13.5. The van der Waals surface area contributed by atoms with Gasteiger partial charge in [0.1, 0.15) is 5.82 Å². The van der Waals surface area contributed by atoms with E-state index in [-0.39, 0.29) is 29.8 Å². The van der Waals surface area contributed by atoms with Crippen LogP contribution in [0.3, 0.4) is 0 Å². The molecular formula is C22H23FN6O2S. The van der Waals surface area contributed by atoms with E-state index in [1.165, 1.54) is 17.4 Å². The molecule has 8 nitrogen and oxygen atoms in total. The van der Waals surface area contributed by atoms with Gasteiger partial charge in [-0.3, -0.25) is 14.6 Å². The molecule has 0 bridgehead atoms. The number of aryl methyl sites for hydroxylation is 1. The molecule has 1 atom stereocenters. The van der Waals surface area contributed by atoms with Crippen LogP contribution in [-0.2, 0) is 4.79 Å². The minimum absolute atomic E-state index is 0.00690. The van der Waals surface area contributed by atoms with Gasteiger partial charge in [0, 0.05) is 30.1 Å². The molecule has 0 radical (unpaired) electrons. The number of amides is 2. The second kappa shape index (κ2) is 8.09. The molecule has 0 unspecified atom stereocenters. The number of anilines is 1. The summed E-state index contributed by atoms with van der Waals surface area (Å²) >= 11 is 1.48. The predicted octanol–water partition coefficient (Wildman–Crippen LogP) is 3.06. The Labute approximate surface area is 188 Å².